The number of nitro groups is 1. The van der Waals surface area contributed by atoms with E-state index in [-0.39, 0.29) is 11.1 Å². The Labute approximate surface area is 169 Å². The van der Waals surface area contributed by atoms with Gasteiger partial charge in [-0.05, 0) is 36.8 Å². The number of methoxy groups -OCH3 is 1. The number of esters is 1. The second-order valence-electron chi connectivity index (χ2n) is 5.72. The van der Waals surface area contributed by atoms with Crippen molar-refractivity contribution in [2.75, 3.05) is 13.7 Å². The molecule has 0 aromatic heterocycles. The van der Waals surface area contributed by atoms with Gasteiger partial charge in [-0.15, -0.1) is 0 Å². The predicted octanol–water partition coefficient (Wildman–Crippen LogP) is 2.18. The molecule has 2 aromatic rings. The number of aryl methyl sites for hydroxylation is 1. The lowest BCUT2D eigenvalue weighted by Gasteiger charge is -2.10. The summed E-state index contributed by atoms with van der Waals surface area (Å²) in [5, 5.41) is 11.6. The molecule has 0 heterocycles. The van der Waals surface area contributed by atoms with Gasteiger partial charge < -0.3 is 9.47 Å². The zero-order valence-electron chi connectivity index (χ0n) is 15.4. The summed E-state index contributed by atoms with van der Waals surface area (Å²) >= 11 is 5.90. The molecule has 0 fully saturated rings. The standard InChI is InChI=1S/C18H16ClN3O7/c1-10-5-14(3-4-15(10)19)29-9-16(23)20-21-17(24)11-6-12(18(25)28-2)8-13(7-11)22(26)27/h3-8H,9H2,1-2H3,(H,20,23)(H,21,24). The fourth-order valence-corrected chi connectivity index (χ4v) is 2.29. The number of hydrazine groups is 1. The average Bonchev–Trinajstić information content (AvgIpc) is 2.71. The molecule has 0 atom stereocenters. The van der Waals surface area contributed by atoms with Gasteiger partial charge in [0.2, 0.25) is 0 Å². The molecule has 2 amide bonds. The van der Waals surface area contributed by atoms with Crippen LogP contribution < -0.4 is 15.6 Å². The number of nitrogens with zero attached hydrogens (tertiary/aromatic N) is 1. The van der Waals surface area contributed by atoms with Gasteiger partial charge in [-0.3, -0.25) is 30.6 Å². The van der Waals surface area contributed by atoms with E-state index in [1.54, 1.807) is 25.1 Å². The molecule has 0 aliphatic rings. The molecule has 10 nitrogen and oxygen atoms in total. The van der Waals surface area contributed by atoms with Crippen molar-refractivity contribution < 1.29 is 28.8 Å². The van der Waals surface area contributed by atoms with E-state index in [9.17, 15) is 24.5 Å². The molecule has 0 saturated heterocycles. The van der Waals surface area contributed by atoms with Gasteiger partial charge >= 0.3 is 5.97 Å². The van der Waals surface area contributed by atoms with Crippen LogP contribution in [0.15, 0.2) is 36.4 Å². The molecule has 0 spiro atoms. The van der Waals surface area contributed by atoms with Crippen molar-refractivity contribution >= 4 is 35.1 Å². The van der Waals surface area contributed by atoms with Crippen LogP contribution in [0.1, 0.15) is 26.3 Å². The minimum atomic E-state index is -0.866. The van der Waals surface area contributed by atoms with Gasteiger partial charge in [0.1, 0.15) is 5.75 Å². The van der Waals surface area contributed by atoms with Crippen molar-refractivity contribution in [1.82, 2.24) is 10.9 Å². The fraction of sp³-hybridized carbons (Fsp3) is 0.167. The van der Waals surface area contributed by atoms with Crippen molar-refractivity contribution in [1.29, 1.82) is 0 Å². The molecule has 0 saturated carbocycles. The molecule has 11 heteroatoms. The monoisotopic (exact) mass is 421 g/mol. The highest BCUT2D eigenvalue weighted by atomic mass is 35.5. The number of hydrogen-bond donors (Lipinski definition) is 2. The van der Waals surface area contributed by atoms with Gasteiger partial charge in [0.25, 0.3) is 17.5 Å². The molecule has 0 bridgehead atoms. The minimum Gasteiger partial charge on any atom is -0.484 e. The Morgan fingerprint density at radius 1 is 1.10 bits per heavy atom. The SMILES string of the molecule is COC(=O)c1cc(C(=O)NNC(=O)COc2ccc(Cl)c(C)c2)cc([N+](=O)[O-])c1. The van der Waals surface area contributed by atoms with Crippen LogP contribution in [0, 0.1) is 17.0 Å². The number of carbonyl (C=O) groups excluding carboxylic acids is 3. The molecule has 2 rings (SSSR count). The molecule has 0 aliphatic carbocycles. The van der Waals surface area contributed by atoms with Crippen LogP contribution in [0.2, 0.25) is 5.02 Å². The number of halogens is 1. The zero-order chi connectivity index (χ0) is 21.6. The van der Waals surface area contributed by atoms with Gasteiger partial charge in [-0.1, -0.05) is 11.6 Å². The summed E-state index contributed by atoms with van der Waals surface area (Å²) in [6.07, 6.45) is 0. The molecule has 2 aromatic carbocycles. The van der Waals surface area contributed by atoms with Crippen LogP contribution in [0.4, 0.5) is 5.69 Å². The number of non-ortho nitro benzene ring substituents is 1. The van der Waals surface area contributed by atoms with E-state index in [4.69, 9.17) is 16.3 Å². The van der Waals surface area contributed by atoms with Crippen LogP contribution in [-0.4, -0.2) is 36.4 Å². The van der Waals surface area contributed by atoms with E-state index in [1.165, 1.54) is 0 Å². The highest BCUT2D eigenvalue weighted by Crippen LogP contribution is 2.21. The number of benzene rings is 2. The maximum absolute atomic E-state index is 12.2. The topological polar surface area (TPSA) is 137 Å². The van der Waals surface area contributed by atoms with Crippen LogP contribution in [0.25, 0.3) is 0 Å². The number of nitrogens with one attached hydrogen (secondary N) is 2. The first-order valence-corrected chi connectivity index (χ1v) is 8.45. The van der Waals surface area contributed by atoms with Gasteiger partial charge in [0, 0.05) is 22.7 Å². The third-order valence-corrected chi connectivity index (χ3v) is 4.05. The molecule has 29 heavy (non-hydrogen) atoms. The Kier molecular flexibility index (Phi) is 7.10. The summed E-state index contributed by atoms with van der Waals surface area (Å²) in [7, 11) is 1.10. The Hall–Kier alpha value is -3.66. The minimum absolute atomic E-state index is 0.181. The van der Waals surface area contributed by atoms with Crippen molar-refractivity contribution in [3.05, 3.63) is 68.2 Å². The van der Waals surface area contributed by atoms with Crippen molar-refractivity contribution in [3.8, 4) is 5.75 Å². The number of ether oxygens (including phenoxy) is 2. The fourth-order valence-electron chi connectivity index (χ4n) is 2.17. The van der Waals surface area contributed by atoms with Crippen LogP contribution in [-0.2, 0) is 9.53 Å². The summed E-state index contributed by atoms with van der Waals surface area (Å²) in [5.74, 6) is -1.98. The highest BCUT2D eigenvalue weighted by molar-refractivity contribution is 6.31. The maximum Gasteiger partial charge on any atom is 0.338 e. The summed E-state index contributed by atoms with van der Waals surface area (Å²) in [5.41, 5.74) is 4.10. The van der Waals surface area contributed by atoms with E-state index in [1.807, 2.05) is 0 Å². The van der Waals surface area contributed by atoms with E-state index in [0.717, 1.165) is 30.9 Å². The lowest BCUT2D eigenvalue weighted by molar-refractivity contribution is -0.384. The first kappa shape index (κ1) is 21.6. The second kappa shape index (κ2) is 9.51. The summed E-state index contributed by atoms with van der Waals surface area (Å²) in [6, 6.07) is 7.88. The lowest BCUT2D eigenvalue weighted by atomic mass is 10.1. The smallest absolute Gasteiger partial charge is 0.338 e. The van der Waals surface area contributed by atoms with Crippen LogP contribution >= 0.6 is 11.6 Å². The van der Waals surface area contributed by atoms with Gasteiger partial charge in [0.05, 0.1) is 17.6 Å². The van der Waals surface area contributed by atoms with Crippen molar-refractivity contribution in [3.63, 3.8) is 0 Å². The maximum atomic E-state index is 12.2. The number of amides is 2. The van der Waals surface area contributed by atoms with E-state index in [0.29, 0.717) is 10.8 Å². The van der Waals surface area contributed by atoms with Gasteiger partial charge in [-0.2, -0.15) is 0 Å². The first-order chi connectivity index (χ1) is 13.7. The zero-order valence-corrected chi connectivity index (χ0v) is 16.1. The van der Waals surface area contributed by atoms with Gasteiger partial charge in [0.15, 0.2) is 6.61 Å². The van der Waals surface area contributed by atoms with E-state index in [2.05, 4.69) is 15.6 Å². The average molecular weight is 422 g/mol. The summed E-state index contributed by atoms with van der Waals surface area (Å²) < 4.78 is 9.79. The predicted molar refractivity (Wildman–Crippen MR) is 102 cm³/mol. The van der Waals surface area contributed by atoms with Crippen LogP contribution in [0.3, 0.4) is 0 Å². The lowest BCUT2D eigenvalue weighted by Crippen LogP contribution is -2.43. The number of carbonyl (C=O) groups is 3. The molecule has 0 radical (unpaired) electrons. The Bertz CT molecular complexity index is 978. The normalized spacial score (nSPS) is 10.0. The third-order valence-electron chi connectivity index (χ3n) is 3.63. The number of nitro benzene ring substituents is 1. The van der Waals surface area contributed by atoms with E-state index >= 15 is 0 Å². The molecular formula is C18H16ClN3O7. The summed E-state index contributed by atoms with van der Waals surface area (Å²) in [4.78, 5) is 45.9. The number of rotatable bonds is 6. The highest BCUT2D eigenvalue weighted by Gasteiger charge is 2.18. The Morgan fingerprint density at radius 3 is 2.41 bits per heavy atom. The second-order valence-corrected chi connectivity index (χ2v) is 6.13. The Morgan fingerprint density at radius 2 is 1.79 bits per heavy atom. The Balaban J connectivity index is 1.99. The third kappa shape index (κ3) is 5.91. The molecule has 2 N–H and O–H groups in total. The quantitative estimate of drug-likeness (QED) is 0.414. The van der Waals surface area contributed by atoms with E-state index < -0.39 is 35.0 Å². The van der Waals surface area contributed by atoms with Gasteiger partial charge in [-0.25, -0.2) is 4.79 Å². The largest absolute Gasteiger partial charge is 0.484 e. The van der Waals surface area contributed by atoms with Crippen molar-refractivity contribution in [2.45, 2.75) is 6.92 Å². The van der Waals surface area contributed by atoms with Crippen LogP contribution in [0.5, 0.6) is 5.75 Å². The molecule has 0 unspecified atom stereocenters. The molecule has 0 aliphatic heterocycles. The number of hydrogen-bond acceptors (Lipinski definition) is 7. The molecular weight excluding hydrogens is 406 g/mol. The van der Waals surface area contributed by atoms with Crippen molar-refractivity contribution in [2.24, 2.45) is 0 Å². The first-order valence-electron chi connectivity index (χ1n) is 8.07. The summed E-state index contributed by atoms with van der Waals surface area (Å²) in [6.45, 7) is 1.38. The molecule has 152 valence electrons.